The zero-order valence-electron chi connectivity index (χ0n) is 17.1. The zero-order valence-corrected chi connectivity index (χ0v) is 18.7. The van der Waals surface area contributed by atoms with Crippen molar-refractivity contribution < 1.29 is 4.79 Å². The summed E-state index contributed by atoms with van der Waals surface area (Å²) in [6, 6.07) is 11.7. The van der Waals surface area contributed by atoms with Crippen LogP contribution in [0.15, 0.2) is 41.6 Å². The maximum Gasteiger partial charge on any atom is 0.234 e. The summed E-state index contributed by atoms with van der Waals surface area (Å²) in [6.07, 6.45) is 0.945. The van der Waals surface area contributed by atoms with Crippen LogP contribution in [0, 0.1) is 20.8 Å². The van der Waals surface area contributed by atoms with E-state index in [1.54, 1.807) is 0 Å². The van der Waals surface area contributed by atoms with Crippen molar-refractivity contribution >= 4 is 35.0 Å². The SMILES string of the molecule is CCCn1c(SCC(=O)Nc2c(C)cc(C)cc2C)nnc1-c1ccc(Cl)cc1. The standard InChI is InChI=1S/C22H25ClN4OS/c1-5-10-27-21(17-6-8-18(23)9-7-17)25-26-22(27)29-13-19(28)24-20-15(3)11-14(2)12-16(20)4/h6-9,11-12H,5,10,13H2,1-4H3,(H,24,28). The van der Waals surface area contributed by atoms with Gasteiger partial charge in [-0.2, -0.15) is 0 Å². The van der Waals surface area contributed by atoms with Crippen molar-refractivity contribution in [3.63, 3.8) is 0 Å². The lowest BCUT2D eigenvalue weighted by Crippen LogP contribution is -2.16. The molecule has 0 saturated carbocycles. The molecule has 0 aliphatic heterocycles. The lowest BCUT2D eigenvalue weighted by Gasteiger charge is -2.13. The number of carbonyl (C=O) groups is 1. The van der Waals surface area contributed by atoms with E-state index in [9.17, 15) is 4.79 Å². The topological polar surface area (TPSA) is 59.8 Å². The number of nitrogens with zero attached hydrogens (tertiary/aromatic N) is 3. The first-order valence-electron chi connectivity index (χ1n) is 9.58. The Morgan fingerprint density at radius 2 is 1.76 bits per heavy atom. The van der Waals surface area contributed by atoms with Gasteiger partial charge in [0.2, 0.25) is 5.91 Å². The quantitative estimate of drug-likeness (QED) is 0.493. The van der Waals surface area contributed by atoms with E-state index in [1.807, 2.05) is 38.1 Å². The largest absolute Gasteiger partial charge is 0.325 e. The van der Waals surface area contributed by atoms with Crippen molar-refractivity contribution in [1.82, 2.24) is 14.8 Å². The minimum Gasteiger partial charge on any atom is -0.325 e. The fourth-order valence-corrected chi connectivity index (χ4v) is 4.21. The lowest BCUT2D eigenvalue weighted by atomic mass is 10.1. The maximum atomic E-state index is 12.6. The smallest absolute Gasteiger partial charge is 0.234 e. The van der Waals surface area contributed by atoms with Crippen LogP contribution in [-0.2, 0) is 11.3 Å². The Bertz CT molecular complexity index is 991. The lowest BCUT2D eigenvalue weighted by molar-refractivity contribution is -0.113. The number of halogens is 1. The van der Waals surface area contributed by atoms with Crippen LogP contribution in [0.3, 0.4) is 0 Å². The van der Waals surface area contributed by atoms with Crippen LogP contribution in [0.1, 0.15) is 30.0 Å². The fourth-order valence-electron chi connectivity index (χ4n) is 3.32. The second kappa shape index (κ2) is 9.46. The van der Waals surface area contributed by atoms with E-state index in [2.05, 4.69) is 46.1 Å². The summed E-state index contributed by atoms with van der Waals surface area (Å²) in [6.45, 7) is 8.97. The molecule has 0 spiro atoms. The van der Waals surface area contributed by atoms with Gasteiger partial charge in [-0.05, 0) is 62.6 Å². The molecule has 3 rings (SSSR count). The molecule has 0 bridgehead atoms. The summed E-state index contributed by atoms with van der Waals surface area (Å²) in [7, 11) is 0. The number of aromatic nitrogens is 3. The monoisotopic (exact) mass is 428 g/mol. The summed E-state index contributed by atoms with van der Waals surface area (Å²) in [4.78, 5) is 12.6. The van der Waals surface area contributed by atoms with Gasteiger partial charge in [0.15, 0.2) is 11.0 Å². The molecule has 0 aliphatic carbocycles. The van der Waals surface area contributed by atoms with Gasteiger partial charge in [-0.3, -0.25) is 4.79 Å². The summed E-state index contributed by atoms with van der Waals surface area (Å²) in [5, 5.41) is 13.1. The van der Waals surface area contributed by atoms with E-state index < -0.39 is 0 Å². The highest BCUT2D eigenvalue weighted by atomic mass is 35.5. The second-order valence-corrected chi connectivity index (χ2v) is 8.45. The van der Waals surface area contributed by atoms with E-state index >= 15 is 0 Å². The Balaban J connectivity index is 1.73. The predicted octanol–water partition coefficient (Wildman–Crippen LogP) is 5.66. The van der Waals surface area contributed by atoms with E-state index in [1.165, 1.54) is 17.3 Å². The van der Waals surface area contributed by atoms with Gasteiger partial charge in [-0.1, -0.05) is 48.0 Å². The van der Waals surface area contributed by atoms with E-state index in [-0.39, 0.29) is 11.7 Å². The molecule has 0 saturated heterocycles. The van der Waals surface area contributed by atoms with Crippen LogP contribution in [0.5, 0.6) is 0 Å². The van der Waals surface area contributed by atoms with Crippen LogP contribution in [0.25, 0.3) is 11.4 Å². The normalized spacial score (nSPS) is 10.9. The number of thioether (sulfide) groups is 1. The molecule has 0 unspecified atom stereocenters. The molecule has 1 N–H and O–H groups in total. The van der Waals surface area contributed by atoms with E-state index in [4.69, 9.17) is 11.6 Å². The highest BCUT2D eigenvalue weighted by Crippen LogP contribution is 2.26. The Morgan fingerprint density at radius 3 is 2.38 bits per heavy atom. The highest BCUT2D eigenvalue weighted by molar-refractivity contribution is 7.99. The van der Waals surface area contributed by atoms with Gasteiger partial charge in [-0.25, -0.2) is 0 Å². The van der Waals surface area contributed by atoms with Gasteiger partial charge in [0.25, 0.3) is 0 Å². The molecular formula is C22H25ClN4OS. The van der Waals surface area contributed by atoms with E-state index in [0.717, 1.165) is 46.3 Å². The van der Waals surface area contributed by atoms with Crippen LogP contribution >= 0.6 is 23.4 Å². The number of rotatable bonds is 7. The molecule has 0 aliphatic rings. The third kappa shape index (κ3) is 5.19. The molecule has 0 atom stereocenters. The molecule has 152 valence electrons. The fraction of sp³-hybridized carbons (Fsp3) is 0.318. The van der Waals surface area contributed by atoms with Gasteiger partial charge in [0.1, 0.15) is 0 Å². The molecule has 1 amide bonds. The molecule has 1 heterocycles. The Morgan fingerprint density at radius 1 is 1.10 bits per heavy atom. The van der Waals surface area contributed by atoms with Gasteiger partial charge >= 0.3 is 0 Å². The number of carbonyl (C=O) groups excluding carboxylic acids is 1. The summed E-state index contributed by atoms with van der Waals surface area (Å²) in [5.41, 5.74) is 5.17. The number of benzene rings is 2. The molecule has 2 aromatic carbocycles. The van der Waals surface area contributed by atoms with Crippen molar-refractivity contribution in [3.8, 4) is 11.4 Å². The minimum absolute atomic E-state index is 0.0517. The molecule has 1 aromatic heterocycles. The highest BCUT2D eigenvalue weighted by Gasteiger charge is 2.16. The Kier molecular flexibility index (Phi) is 6.98. The summed E-state index contributed by atoms with van der Waals surface area (Å²) >= 11 is 7.39. The van der Waals surface area contributed by atoms with Crippen molar-refractivity contribution in [2.75, 3.05) is 11.1 Å². The van der Waals surface area contributed by atoms with Crippen molar-refractivity contribution in [1.29, 1.82) is 0 Å². The van der Waals surface area contributed by atoms with Crippen LogP contribution in [0.2, 0.25) is 5.02 Å². The first-order valence-corrected chi connectivity index (χ1v) is 10.9. The van der Waals surface area contributed by atoms with Gasteiger partial charge in [0.05, 0.1) is 5.75 Å². The number of hydrogen-bond donors (Lipinski definition) is 1. The van der Waals surface area contributed by atoms with Gasteiger partial charge in [-0.15, -0.1) is 10.2 Å². The van der Waals surface area contributed by atoms with Crippen molar-refractivity contribution in [2.24, 2.45) is 0 Å². The number of anilines is 1. The number of aryl methyl sites for hydroxylation is 3. The van der Waals surface area contributed by atoms with Crippen LogP contribution < -0.4 is 5.32 Å². The molecule has 3 aromatic rings. The van der Waals surface area contributed by atoms with Gasteiger partial charge < -0.3 is 9.88 Å². The first kappa shape index (κ1) is 21.4. The first-order chi connectivity index (χ1) is 13.9. The van der Waals surface area contributed by atoms with Gasteiger partial charge in [0, 0.05) is 22.8 Å². The number of hydrogen-bond acceptors (Lipinski definition) is 4. The average molecular weight is 429 g/mol. The third-order valence-corrected chi connectivity index (χ3v) is 5.76. The molecule has 0 radical (unpaired) electrons. The summed E-state index contributed by atoms with van der Waals surface area (Å²) in [5.74, 6) is 1.01. The second-order valence-electron chi connectivity index (χ2n) is 7.08. The van der Waals surface area contributed by atoms with Crippen LogP contribution in [-0.4, -0.2) is 26.4 Å². The Hall–Kier alpha value is -2.31. The zero-order chi connectivity index (χ0) is 21.0. The maximum absolute atomic E-state index is 12.6. The average Bonchev–Trinajstić information content (AvgIpc) is 3.06. The van der Waals surface area contributed by atoms with E-state index in [0.29, 0.717) is 5.02 Å². The van der Waals surface area contributed by atoms with Crippen molar-refractivity contribution in [3.05, 3.63) is 58.1 Å². The number of nitrogens with one attached hydrogen (secondary N) is 1. The molecule has 5 nitrogen and oxygen atoms in total. The summed E-state index contributed by atoms with van der Waals surface area (Å²) < 4.78 is 2.06. The van der Waals surface area contributed by atoms with Crippen LogP contribution in [0.4, 0.5) is 5.69 Å². The predicted molar refractivity (Wildman–Crippen MR) is 121 cm³/mol. The third-order valence-electron chi connectivity index (χ3n) is 4.54. The number of amides is 1. The Labute approximate surface area is 180 Å². The molecule has 0 fully saturated rings. The molecule has 7 heteroatoms. The minimum atomic E-state index is -0.0517. The van der Waals surface area contributed by atoms with Crippen molar-refractivity contribution in [2.45, 2.75) is 45.8 Å². The molecular weight excluding hydrogens is 404 g/mol. The molecule has 29 heavy (non-hydrogen) atoms.